The van der Waals surface area contributed by atoms with Crippen LogP contribution >= 0.6 is 0 Å². The van der Waals surface area contributed by atoms with Crippen LogP contribution in [-0.2, 0) is 9.47 Å². The number of para-hydroxylation sites is 1. The molecule has 0 aliphatic carbocycles. The van der Waals surface area contributed by atoms with Crippen LogP contribution in [0.4, 0.5) is 29.7 Å². The number of nitrogens with zero attached hydrogens (tertiary/aromatic N) is 5. The number of hydrogen-bond acceptors (Lipinski definition) is 10. The maximum absolute atomic E-state index is 12.8. The lowest BCUT2D eigenvalue weighted by atomic mass is 10.1. The van der Waals surface area contributed by atoms with Crippen molar-refractivity contribution in [3.8, 4) is 17.1 Å². The molecular formula is C24H27F3N6O5. The average molecular weight is 537 g/mol. The van der Waals surface area contributed by atoms with E-state index in [1.807, 2.05) is 27.7 Å². The predicted octanol–water partition coefficient (Wildman–Crippen LogP) is 5.13. The van der Waals surface area contributed by atoms with Crippen LogP contribution in [0, 0.1) is 0 Å². The fourth-order valence-electron chi connectivity index (χ4n) is 3.88. The third kappa shape index (κ3) is 6.49. The van der Waals surface area contributed by atoms with E-state index in [1.165, 1.54) is 29.3 Å². The number of aromatic nitrogens is 4. The van der Waals surface area contributed by atoms with Gasteiger partial charge in [0, 0.05) is 6.20 Å². The van der Waals surface area contributed by atoms with E-state index in [0.29, 0.717) is 5.82 Å². The van der Waals surface area contributed by atoms with Crippen LogP contribution in [0.1, 0.15) is 46.6 Å². The molecule has 0 spiro atoms. The first-order valence-electron chi connectivity index (χ1n) is 11.7. The van der Waals surface area contributed by atoms with Crippen molar-refractivity contribution >= 4 is 17.9 Å². The number of halogens is 3. The third-order valence-corrected chi connectivity index (χ3v) is 5.39. The lowest BCUT2D eigenvalue weighted by Crippen LogP contribution is -2.45. The lowest BCUT2D eigenvalue weighted by molar-refractivity contribution is -0.274. The van der Waals surface area contributed by atoms with Crippen molar-refractivity contribution in [3.05, 3.63) is 42.4 Å². The topological polar surface area (TPSA) is 125 Å². The summed E-state index contributed by atoms with van der Waals surface area (Å²) in [5.41, 5.74) is -0.414. The number of cyclic esters (lactones) is 1. The van der Waals surface area contributed by atoms with E-state index in [0.717, 1.165) is 6.07 Å². The number of amides is 1. The zero-order valence-corrected chi connectivity index (χ0v) is 21.3. The molecule has 204 valence electrons. The molecule has 1 amide bonds. The molecule has 11 nitrogen and oxygen atoms in total. The van der Waals surface area contributed by atoms with Gasteiger partial charge < -0.3 is 24.1 Å². The molecule has 4 rings (SSSR count). The smallest absolute Gasteiger partial charge is 0.447 e. The minimum atomic E-state index is -4.88. The first kappa shape index (κ1) is 27.1. The van der Waals surface area contributed by atoms with Crippen molar-refractivity contribution < 1.29 is 36.7 Å². The van der Waals surface area contributed by atoms with E-state index in [4.69, 9.17) is 14.0 Å². The third-order valence-electron chi connectivity index (χ3n) is 5.39. The van der Waals surface area contributed by atoms with Crippen molar-refractivity contribution in [3.63, 3.8) is 0 Å². The summed E-state index contributed by atoms with van der Waals surface area (Å²) in [6, 6.07) is 6.00. The Bertz CT molecular complexity index is 1280. The highest BCUT2D eigenvalue weighted by atomic mass is 19.4. The van der Waals surface area contributed by atoms with Gasteiger partial charge in [-0.05, 0) is 52.8 Å². The molecule has 14 heteroatoms. The van der Waals surface area contributed by atoms with Gasteiger partial charge in [-0.1, -0.05) is 17.3 Å². The molecule has 3 heterocycles. The van der Waals surface area contributed by atoms with Crippen LogP contribution in [0.2, 0.25) is 0 Å². The van der Waals surface area contributed by atoms with Gasteiger partial charge >= 0.3 is 12.5 Å². The second-order valence-electron chi connectivity index (χ2n) is 9.55. The summed E-state index contributed by atoms with van der Waals surface area (Å²) in [5, 5.41) is 6.79. The number of ether oxygens (including phenoxy) is 3. The number of carbonyl (C=O) groups is 1. The Hall–Kier alpha value is -3.94. The normalized spacial score (nSPS) is 17.7. The van der Waals surface area contributed by atoms with Crippen molar-refractivity contribution in [2.75, 3.05) is 16.8 Å². The number of alkyl halides is 3. The standard InChI is InChI=1S/C24H27F3N6O5/c1-13(20-31-19(32-38-20)15-8-6-7-9-17(15)37-24(25,26)27)29-21-28-11-10-18(30-21)33-16(12-35-22(33)34)14(2)36-23(3,4)5/h6-11,13-14,16H,12H2,1-5H3,(H,28,29,30)/t13?,14-,16-/m1/s1. The molecule has 1 unspecified atom stereocenters. The molecule has 1 aliphatic rings. The molecule has 3 aromatic rings. The van der Waals surface area contributed by atoms with Crippen LogP contribution in [0.3, 0.4) is 0 Å². The summed E-state index contributed by atoms with van der Waals surface area (Å²) in [5.74, 6) is -0.0183. The van der Waals surface area contributed by atoms with E-state index < -0.39 is 35.9 Å². The Labute approximate surface area is 216 Å². The average Bonchev–Trinajstić information content (AvgIpc) is 3.45. The highest BCUT2D eigenvalue weighted by Crippen LogP contribution is 2.33. The van der Waals surface area contributed by atoms with Crippen molar-refractivity contribution in [2.45, 2.75) is 64.8 Å². The summed E-state index contributed by atoms with van der Waals surface area (Å²) < 4.78 is 58.9. The summed E-state index contributed by atoms with van der Waals surface area (Å²) in [7, 11) is 0. The van der Waals surface area contributed by atoms with E-state index in [9.17, 15) is 18.0 Å². The second kappa shape index (κ2) is 10.4. The number of benzene rings is 1. The largest absolute Gasteiger partial charge is 0.573 e. The molecule has 1 fully saturated rings. The SMILES string of the molecule is CC(Nc1nccc(N2C(=O)OC[C@@H]2[C@@H](C)OC(C)(C)C)n1)c1nc(-c2ccccc2OC(F)(F)F)no1. The van der Waals surface area contributed by atoms with Gasteiger partial charge in [-0.25, -0.2) is 9.78 Å². The van der Waals surface area contributed by atoms with Gasteiger partial charge in [-0.2, -0.15) is 9.97 Å². The summed E-state index contributed by atoms with van der Waals surface area (Å²) in [6.45, 7) is 9.44. The highest BCUT2D eigenvalue weighted by molar-refractivity contribution is 5.89. The van der Waals surface area contributed by atoms with Gasteiger partial charge in [0.15, 0.2) is 0 Å². The zero-order valence-electron chi connectivity index (χ0n) is 21.3. The number of nitrogens with one attached hydrogen (secondary N) is 1. The van der Waals surface area contributed by atoms with Crippen molar-refractivity contribution in [1.82, 2.24) is 20.1 Å². The Kier molecular flexibility index (Phi) is 7.44. The molecule has 0 radical (unpaired) electrons. The van der Waals surface area contributed by atoms with Crippen LogP contribution < -0.4 is 15.0 Å². The van der Waals surface area contributed by atoms with Gasteiger partial charge in [0.2, 0.25) is 17.7 Å². The molecule has 1 aliphatic heterocycles. The molecule has 0 saturated carbocycles. The minimum Gasteiger partial charge on any atom is -0.447 e. The van der Waals surface area contributed by atoms with Gasteiger partial charge in [-0.15, -0.1) is 13.2 Å². The first-order chi connectivity index (χ1) is 17.8. The van der Waals surface area contributed by atoms with Crippen LogP contribution in [0.15, 0.2) is 41.1 Å². The van der Waals surface area contributed by atoms with Crippen molar-refractivity contribution in [2.24, 2.45) is 0 Å². The quantitative estimate of drug-likeness (QED) is 0.414. The Morgan fingerprint density at radius 1 is 1.13 bits per heavy atom. The summed E-state index contributed by atoms with van der Waals surface area (Å²) in [4.78, 5) is 26.7. The Morgan fingerprint density at radius 3 is 2.58 bits per heavy atom. The summed E-state index contributed by atoms with van der Waals surface area (Å²) in [6.07, 6.45) is -4.30. The second-order valence-corrected chi connectivity index (χ2v) is 9.55. The zero-order chi connectivity index (χ0) is 27.7. The van der Waals surface area contributed by atoms with Gasteiger partial charge in [0.25, 0.3) is 0 Å². The van der Waals surface area contributed by atoms with Gasteiger partial charge in [0.05, 0.1) is 17.3 Å². The van der Waals surface area contributed by atoms with Crippen LogP contribution in [0.5, 0.6) is 5.75 Å². The number of hydrogen-bond donors (Lipinski definition) is 1. The van der Waals surface area contributed by atoms with Crippen LogP contribution in [-0.4, -0.2) is 56.9 Å². The van der Waals surface area contributed by atoms with Crippen LogP contribution in [0.25, 0.3) is 11.4 Å². The molecule has 0 bridgehead atoms. The fraction of sp³-hybridized carbons (Fsp3) is 0.458. The van der Waals surface area contributed by atoms with Gasteiger partial charge in [0.1, 0.15) is 30.3 Å². The molecule has 2 aromatic heterocycles. The molecule has 1 aromatic carbocycles. The van der Waals surface area contributed by atoms with E-state index in [-0.39, 0.29) is 35.9 Å². The van der Waals surface area contributed by atoms with Crippen molar-refractivity contribution in [1.29, 1.82) is 0 Å². The van der Waals surface area contributed by atoms with E-state index in [2.05, 4.69) is 30.2 Å². The minimum absolute atomic E-state index is 0.00968. The number of rotatable bonds is 8. The Balaban J connectivity index is 1.50. The number of anilines is 2. The summed E-state index contributed by atoms with van der Waals surface area (Å²) >= 11 is 0. The lowest BCUT2D eigenvalue weighted by Gasteiger charge is -2.31. The van der Waals surface area contributed by atoms with E-state index >= 15 is 0 Å². The monoisotopic (exact) mass is 536 g/mol. The molecule has 38 heavy (non-hydrogen) atoms. The predicted molar refractivity (Wildman–Crippen MR) is 128 cm³/mol. The maximum atomic E-state index is 12.8. The molecule has 1 saturated heterocycles. The van der Waals surface area contributed by atoms with E-state index in [1.54, 1.807) is 13.0 Å². The van der Waals surface area contributed by atoms with Gasteiger partial charge in [-0.3, -0.25) is 4.90 Å². The Morgan fingerprint density at radius 2 is 1.87 bits per heavy atom. The fourth-order valence-corrected chi connectivity index (χ4v) is 3.88. The molecule has 3 atom stereocenters. The molecular weight excluding hydrogens is 509 g/mol. The highest BCUT2D eigenvalue weighted by Gasteiger charge is 2.40. The maximum Gasteiger partial charge on any atom is 0.573 e. The molecule has 1 N–H and O–H groups in total. The first-order valence-corrected chi connectivity index (χ1v) is 11.7. The number of carbonyl (C=O) groups excluding carboxylic acids is 1.